The summed E-state index contributed by atoms with van der Waals surface area (Å²) in [6, 6.07) is 0. The number of hydrogen-bond donors (Lipinski definition) is 1. The van der Waals surface area contributed by atoms with Gasteiger partial charge in [0.15, 0.2) is 0 Å². The van der Waals surface area contributed by atoms with Crippen molar-refractivity contribution < 1.29 is 0 Å². The topological polar surface area (TPSA) is 12.4 Å². The molecule has 0 amide bonds. The number of hydrogen-bond acceptors (Lipinski definition) is 2. The fourth-order valence-corrected chi connectivity index (χ4v) is 0.212. The molecule has 0 bridgehead atoms. The van der Waals surface area contributed by atoms with Gasteiger partial charge in [0.1, 0.15) is 7.85 Å². The maximum absolute atomic E-state index is 5.15. The average molecular weight is 99.0 g/mol. The highest BCUT2D eigenvalue weighted by atomic mass is 32.1. The van der Waals surface area contributed by atoms with Crippen LogP contribution >= 0.6 is 12.6 Å². The fraction of sp³-hybridized carbons (Fsp3) is 0.667. The lowest BCUT2D eigenvalue weighted by atomic mass is 10.0. The van der Waals surface area contributed by atoms with Crippen molar-refractivity contribution in [3.8, 4) is 0 Å². The fourth-order valence-electron chi connectivity index (χ4n) is 0.0707. The maximum Gasteiger partial charge on any atom is 0.136 e. The molecule has 0 aromatic carbocycles. The van der Waals surface area contributed by atoms with Crippen molar-refractivity contribution in [2.45, 2.75) is 0 Å². The predicted molar refractivity (Wildman–Crippen MR) is 33.0 cm³/mol. The molecule has 0 spiro atoms. The molecule has 0 aliphatic carbocycles. The van der Waals surface area contributed by atoms with E-state index in [1.54, 1.807) is 7.05 Å². The van der Waals surface area contributed by atoms with Gasteiger partial charge in [-0.1, -0.05) is 0 Å². The first-order valence-corrected chi connectivity index (χ1v) is 2.26. The van der Waals surface area contributed by atoms with Crippen molar-refractivity contribution in [1.82, 2.24) is 0 Å². The van der Waals surface area contributed by atoms with E-state index in [4.69, 9.17) is 7.85 Å². The zero-order chi connectivity index (χ0) is 4.99. The second kappa shape index (κ2) is 3.28. The number of aliphatic imine (C=N–C) groups is 1. The SMILES string of the molecule is [B]C(CS)=NC. The highest BCUT2D eigenvalue weighted by Gasteiger charge is 1.75. The second-order valence-electron chi connectivity index (χ2n) is 0.873. The Morgan fingerprint density at radius 2 is 2.50 bits per heavy atom. The number of rotatable bonds is 1. The first-order chi connectivity index (χ1) is 2.81. The van der Waals surface area contributed by atoms with Crippen LogP contribution in [-0.2, 0) is 0 Å². The Hall–Kier alpha value is 0.0849. The molecule has 0 fully saturated rings. The molecule has 0 rings (SSSR count). The zero-order valence-corrected chi connectivity index (χ0v) is 4.57. The largest absolute Gasteiger partial charge is 0.308 e. The standard InChI is InChI=1S/C3H6BNS/c1-5-3(4)2-6/h6H,2H2,1H3. The van der Waals surface area contributed by atoms with E-state index in [0.29, 0.717) is 11.4 Å². The minimum atomic E-state index is 0.552. The van der Waals surface area contributed by atoms with E-state index in [9.17, 15) is 0 Å². The summed E-state index contributed by atoms with van der Waals surface area (Å²) in [6.07, 6.45) is 0. The van der Waals surface area contributed by atoms with Gasteiger partial charge < -0.3 is 4.99 Å². The van der Waals surface area contributed by atoms with Gasteiger partial charge in [0.2, 0.25) is 0 Å². The summed E-state index contributed by atoms with van der Waals surface area (Å²) < 4.78 is 0. The third-order valence-corrected chi connectivity index (χ3v) is 0.773. The lowest BCUT2D eigenvalue weighted by Crippen LogP contribution is -1.96. The van der Waals surface area contributed by atoms with Crippen LogP contribution in [0.1, 0.15) is 0 Å². The molecule has 0 aliphatic rings. The summed E-state index contributed by atoms with van der Waals surface area (Å²) in [5, 5.41) is 0. The monoisotopic (exact) mass is 99.0 g/mol. The Bertz CT molecular complexity index is 61.8. The molecule has 0 N–H and O–H groups in total. The molecule has 0 aliphatic heterocycles. The molecule has 0 saturated heterocycles. The first kappa shape index (κ1) is 6.08. The highest BCUT2D eigenvalue weighted by Crippen LogP contribution is 1.72. The molecule has 0 aromatic heterocycles. The van der Waals surface area contributed by atoms with E-state index >= 15 is 0 Å². The van der Waals surface area contributed by atoms with Crippen LogP contribution in [0, 0.1) is 0 Å². The van der Waals surface area contributed by atoms with Crippen LogP contribution in [0.15, 0.2) is 4.99 Å². The lowest BCUT2D eigenvalue weighted by molar-refractivity contribution is 1.45. The summed E-state index contributed by atoms with van der Waals surface area (Å²) in [7, 11) is 6.79. The van der Waals surface area contributed by atoms with Crippen LogP contribution in [0.25, 0.3) is 0 Å². The van der Waals surface area contributed by atoms with E-state index in [-0.39, 0.29) is 0 Å². The van der Waals surface area contributed by atoms with Crippen molar-refractivity contribution in [2.24, 2.45) is 4.99 Å². The van der Waals surface area contributed by atoms with Crippen LogP contribution in [0.3, 0.4) is 0 Å². The van der Waals surface area contributed by atoms with Crippen molar-refractivity contribution in [2.75, 3.05) is 12.8 Å². The third-order valence-electron chi connectivity index (χ3n) is 0.449. The maximum atomic E-state index is 5.15. The molecule has 0 saturated carbocycles. The summed E-state index contributed by atoms with van der Waals surface area (Å²) in [6.45, 7) is 0. The normalized spacial score (nSPS) is 12.0. The highest BCUT2D eigenvalue weighted by molar-refractivity contribution is 7.81. The average Bonchev–Trinajstić information content (AvgIpc) is 1.65. The Labute approximate surface area is 44.7 Å². The molecule has 1 nitrogen and oxygen atoms in total. The molecular formula is C3H6BNS. The minimum absolute atomic E-state index is 0.552. The van der Waals surface area contributed by atoms with Gasteiger partial charge in [0, 0.05) is 12.8 Å². The quantitative estimate of drug-likeness (QED) is 0.272. The molecule has 0 atom stereocenters. The van der Waals surface area contributed by atoms with Crippen LogP contribution in [0.5, 0.6) is 0 Å². The zero-order valence-electron chi connectivity index (χ0n) is 3.68. The molecule has 0 unspecified atom stereocenters. The van der Waals surface area contributed by atoms with Gasteiger partial charge in [-0.25, -0.2) is 0 Å². The minimum Gasteiger partial charge on any atom is -0.308 e. The molecular weight excluding hydrogens is 92.9 g/mol. The molecule has 3 heteroatoms. The molecule has 2 radical (unpaired) electrons. The van der Waals surface area contributed by atoms with E-state index in [0.717, 1.165) is 0 Å². The van der Waals surface area contributed by atoms with Crippen molar-refractivity contribution in [1.29, 1.82) is 0 Å². The predicted octanol–water partition coefficient (Wildman–Crippen LogP) is 0.113. The summed E-state index contributed by atoms with van der Waals surface area (Å²) >= 11 is 3.84. The van der Waals surface area contributed by atoms with Crippen LogP contribution < -0.4 is 0 Å². The molecule has 6 heavy (non-hydrogen) atoms. The third kappa shape index (κ3) is 2.33. The van der Waals surface area contributed by atoms with Gasteiger partial charge >= 0.3 is 0 Å². The lowest BCUT2D eigenvalue weighted by Gasteiger charge is -1.84. The van der Waals surface area contributed by atoms with Gasteiger partial charge in [0.25, 0.3) is 0 Å². The van der Waals surface area contributed by atoms with Crippen LogP contribution in [-0.4, -0.2) is 26.3 Å². The van der Waals surface area contributed by atoms with Gasteiger partial charge in [-0.15, -0.1) is 0 Å². The van der Waals surface area contributed by atoms with Crippen LogP contribution in [0.2, 0.25) is 0 Å². The second-order valence-corrected chi connectivity index (χ2v) is 1.19. The summed E-state index contributed by atoms with van der Waals surface area (Å²) in [5.74, 6) is 0.552. The first-order valence-electron chi connectivity index (χ1n) is 1.63. The van der Waals surface area contributed by atoms with Gasteiger partial charge in [-0.2, -0.15) is 12.6 Å². The van der Waals surface area contributed by atoms with Crippen LogP contribution in [0.4, 0.5) is 0 Å². The van der Waals surface area contributed by atoms with E-state index in [1.807, 2.05) is 0 Å². The molecule has 0 heterocycles. The Morgan fingerprint density at radius 3 is 2.50 bits per heavy atom. The summed E-state index contributed by atoms with van der Waals surface area (Å²) in [5.41, 5.74) is 0.582. The van der Waals surface area contributed by atoms with Gasteiger partial charge in [0.05, 0.1) is 0 Å². The molecule has 32 valence electrons. The van der Waals surface area contributed by atoms with E-state index in [2.05, 4.69) is 17.6 Å². The number of thiol groups is 1. The van der Waals surface area contributed by atoms with Crippen molar-refractivity contribution in [3.63, 3.8) is 0 Å². The summed E-state index contributed by atoms with van der Waals surface area (Å²) in [4.78, 5) is 3.62. The van der Waals surface area contributed by atoms with Crippen molar-refractivity contribution in [3.05, 3.63) is 0 Å². The molecule has 0 aromatic rings. The van der Waals surface area contributed by atoms with Gasteiger partial charge in [-0.3, -0.25) is 0 Å². The smallest absolute Gasteiger partial charge is 0.136 e. The van der Waals surface area contributed by atoms with E-state index < -0.39 is 0 Å². The van der Waals surface area contributed by atoms with E-state index in [1.165, 1.54) is 0 Å². The Balaban J connectivity index is 3.22. The van der Waals surface area contributed by atoms with Gasteiger partial charge in [-0.05, 0) is 5.61 Å². The van der Waals surface area contributed by atoms with Crippen molar-refractivity contribution >= 4 is 26.1 Å². The Morgan fingerprint density at radius 1 is 2.00 bits per heavy atom. The Kier molecular flexibility index (Phi) is 3.33. The number of nitrogens with zero attached hydrogens (tertiary/aromatic N) is 1.